The number of benzene rings is 1. The van der Waals surface area contributed by atoms with Gasteiger partial charge in [0.25, 0.3) is 0 Å². The van der Waals surface area contributed by atoms with Gasteiger partial charge in [0.2, 0.25) is 6.08 Å². The second kappa shape index (κ2) is 4.86. The van der Waals surface area contributed by atoms with Gasteiger partial charge in [0.05, 0.1) is 5.54 Å². The average Bonchev–Trinajstić information content (AvgIpc) is 3.20. The van der Waals surface area contributed by atoms with Crippen molar-refractivity contribution in [3.05, 3.63) is 35.4 Å². The molecule has 0 unspecified atom stereocenters. The maximum absolute atomic E-state index is 10.7. The Hall–Kier alpha value is -1.40. The molecule has 106 valence electrons. The van der Waals surface area contributed by atoms with Gasteiger partial charge in [-0.3, -0.25) is 0 Å². The number of isocyanates is 1. The fraction of sp³-hybridized carbons (Fsp3) is 0.611. The summed E-state index contributed by atoms with van der Waals surface area (Å²) >= 11 is 0. The first-order valence-electron chi connectivity index (χ1n) is 7.75. The van der Waals surface area contributed by atoms with Gasteiger partial charge >= 0.3 is 0 Å². The van der Waals surface area contributed by atoms with Gasteiger partial charge < -0.3 is 0 Å². The molecule has 2 fully saturated rings. The van der Waals surface area contributed by atoms with Crippen LogP contribution in [0.15, 0.2) is 29.3 Å². The van der Waals surface area contributed by atoms with Gasteiger partial charge in [-0.05, 0) is 61.0 Å². The lowest BCUT2D eigenvalue weighted by Gasteiger charge is -2.35. The van der Waals surface area contributed by atoms with E-state index in [0.29, 0.717) is 11.3 Å². The van der Waals surface area contributed by atoms with E-state index in [1.165, 1.54) is 36.8 Å². The predicted octanol–water partition coefficient (Wildman–Crippen LogP) is 4.70. The molecule has 1 aromatic carbocycles. The minimum absolute atomic E-state index is 0.231. The summed E-state index contributed by atoms with van der Waals surface area (Å²) in [5.74, 6) is 0.638. The van der Waals surface area contributed by atoms with E-state index < -0.39 is 0 Å². The fourth-order valence-electron chi connectivity index (χ4n) is 3.63. The highest BCUT2D eigenvalue weighted by Gasteiger charge is 2.46. The van der Waals surface area contributed by atoms with Gasteiger partial charge in [-0.1, -0.05) is 38.1 Å². The zero-order valence-corrected chi connectivity index (χ0v) is 12.5. The maximum atomic E-state index is 10.7. The van der Waals surface area contributed by atoms with E-state index in [-0.39, 0.29) is 5.54 Å². The highest BCUT2D eigenvalue weighted by molar-refractivity contribution is 5.45. The molecule has 0 amide bonds. The summed E-state index contributed by atoms with van der Waals surface area (Å²) in [7, 11) is 0. The van der Waals surface area contributed by atoms with Crippen LogP contribution < -0.4 is 0 Å². The molecule has 0 aliphatic heterocycles. The number of carbonyl (C=O) groups excluding carboxylic acids is 1. The van der Waals surface area contributed by atoms with E-state index in [9.17, 15) is 4.79 Å². The summed E-state index contributed by atoms with van der Waals surface area (Å²) < 4.78 is 0. The molecule has 0 heterocycles. The number of rotatable bonds is 3. The molecule has 0 aromatic heterocycles. The summed E-state index contributed by atoms with van der Waals surface area (Å²) in [6, 6.07) is 8.62. The smallest absolute Gasteiger partial charge is 0.211 e. The van der Waals surface area contributed by atoms with Crippen LogP contribution in [0.2, 0.25) is 0 Å². The van der Waals surface area contributed by atoms with Gasteiger partial charge in [0, 0.05) is 0 Å². The third kappa shape index (κ3) is 2.45. The zero-order valence-electron chi connectivity index (χ0n) is 12.5. The molecule has 0 N–H and O–H groups in total. The van der Waals surface area contributed by atoms with Crippen molar-refractivity contribution in [3.8, 4) is 0 Å². The van der Waals surface area contributed by atoms with Crippen LogP contribution in [0.3, 0.4) is 0 Å². The summed E-state index contributed by atoms with van der Waals surface area (Å²) in [4.78, 5) is 14.8. The highest BCUT2D eigenvalue weighted by Crippen LogP contribution is 2.53. The summed E-state index contributed by atoms with van der Waals surface area (Å²) in [6.07, 6.45) is 8.87. The standard InChI is InChI=1S/C18H23NO/c1-17(2)9-7-14(8-10-17)15-5-3-4-6-16(15)18(11-12-18)19-13-20/h3-6,14H,7-12H2,1-2H3. The van der Waals surface area contributed by atoms with Gasteiger partial charge in [0.1, 0.15) is 0 Å². The topological polar surface area (TPSA) is 29.4 Å². The number of aliphatic imine (C=N–C) groups is 1. The van der Waals surface area contributed by atoms with Gasteiger partial charge in [-0.25, -0.2) is 4.79 Å². The minimum atomic E-state index is -0.231. The molecule has 0 bridgehead atoms. The molecule has 0 atom stereocenters. The van der Waals surface area contributed by atoms with Crippen LogP contribution in [0.25, 0.3) is 0 Å². The Morgan fingerprint density at radius 3 is 2.35 bits per heavy atom. The molecule has 0 radical (unpaired) electrons. The van der Waals surface area contributed by atoms with Crippen molar-refractivity contribution in [3.63, 3.8) is 0 Å². The van der Waals surface area contributed by atoms with Gasteiger partial charge in [0.15, 0.2) is 0 Å². The second-order valence-electron chi connectivity index (χ2n) is 7.26. The van der Waals surface area contributed by atoms with Crippen LogP contribution in [0.5, 0.6) is 0 Å². The van der Waals surface area contributed by atoms with E-state index in [4.69, 9.17) is 0 Å². The highest BCUT2D eigenvalue weighted by atomic mass is 16.1. The van der Waals surface area contributed by atoms with Crippen molar-refractivity contribution in [1.29, 1.82) is 0 Å². The molecule has 20 heavy (non-hydrogen) atoms. The Kier molecular flexibility index (Phi) is 3.30. The third-order valence-corrected chi connectivity index (χ3v) is 5.22. The van der Waals surface area contributed by atoms with E-state index in [2.05, 4.69) is 43.1 Å². The van der Waals surface area contributed by atoms with Crippen molar-refractivity contribution in [2.45, 2.75) is 63.8 Å². The normalized spacial score (nSPS) is 23.9. The Bertz CT molecular complexity index is 540. The molecule has 2 saturated carbocycles. The van der Waals surface area contributed by atoms with Crippen LogP contribution in [0.4, 0.5) is 0 Å². The van der Waals surface area contributed by atoms with Crippen molar-refractivity contribution < 1.29 is 4.79 Å². The number of hydrogen-bond acceptors (Lipinski definition) is 2. The van der Waals surface area contributed by atoms with Crippen LogP contribution in [-0.4, -0.2) is 6.08 Å². The van der Waals surface area contributed by atoms with Crippen molar-refractivity contribution in [2.75, 3.05) is 0 Å². The molecule has 2 nitrogen and oxygen atoms in total. The second-order valence-corrected chi connectivity index (χ2v) is 7.26. The lowest BCUT2D eigenvalue weighted by molar-refractivity contribution is 0.224. The number of hydrogen-bond donors (Lipinski definition) is 0. The van der Waals surface area contributed by atoms with Gasteiger partial charge in [-0.2, -0.15) is 4.99 Å². The first kappa shape index (κ1) is 13.6. The Morgan fingerprint density at radius 1 is 1.10 bits per heavy atom. The SMILES string of the molecule is CC1(C)CCC(c2ccccc2C2(N=C=O)CC2)CC1. The molecular formula is C18H23NO. The zero-order chi connectivity index (χ0) is 14.2. The molecule has 2 aliphatic carbocycles. The van der Waals surface area contributed by atoms with Crippen LogP contribution in [-0.2, 0) is 10.3 Å². The van der Waals surface area contributed by atoms with Crippen LogP contribution in [0.1, 0.15) is 69.4 Å². The molecule has 1 aromatic rings. The lowest BCUT2D eigenvalue weighted by Crippen LogP contribution is -2.21. The molecule has 0 spiro atoms. The van der Waals surface area contributed by atoms with E-state index in [0.717, 1.165) is 12.8 Å². The first-order chi connectivity index (χ1) is 9.56. The maximum Gasteiger partial charge on any atom is 0.235 e. The first-order valence-corrected chi connectivity index (χ1v) is 7.75. The fourth-order valence-corrected chi connectivity index (χ4v) is 3.63. The Labute approximate surface area is 121 Å². The average molecular weight is 269 g/mol. The Balaban J connectivity index is 1.90. The predicted molar refractivity (Wildman–Crippen MR) is 80.5 cm³/mol. The van der Waals surface area contributed by atoms with Crippen molar-refractivity contribution in [1.82, 2.24) is 0 Å². The molecule has 3 rings (SSSR count). The molecule has 2 heteroatoms. The quantitative estimate of drug-likeness (QED) is 0.578. The summed E-state index contributed by atoms with van der Waals surface area (Å²) in [5.41, 5.74) is 2.97. The Morgan fingerprint density at radius 2 is 1.75 bits per heavy atom. The van der Waals surface area contributed by atoms with Crippen LogP contribution >= 0.6 is 0 Å². The van der Waals surface area contributed by atoms with E-state index in [1.807, 2.05) is 0 Å². The lowest BCUT2D eigenvalue weighted by atomic mass is 9.70. The molecule has 0 saturated heterocycles. The number of nitrogens with zero attached hydrogens (tertiary/aromatic N) is 1. The van der Waals surface area contributed by atoms with Crippen molar-refractivity contribution in [2.24, 2.45) is 10.4 Å². The molecular weight excluding hydrogens is 246 g/mol. The monoisotopic (exact) mass is 269 g/mol. The third-order valence-electron chi connectivity index (χ3n) is 5.22. The van der Waals surface area contributed by atoms with Crippen molar-refractivity contribution >= 4 is 6.08 Å². The minimum Gasteiger partial charge on any atom is -0.211 e. The summed E-state index contributed by atoms with van der Waals surface area (Å²) in [5, 5.41) is 0. The van der Waals surface area contributed by atoms with Gasteiger partial charge in [-0.15, -0.1) is 0 Å². The van der Waals surface area contributed by atoms with E-state index >= 15 is 0 Å². The summed E-state index contributed by atoms with van der Waals surface area (Å²) in [6.45, 7) is 4.74. The molecule has 2 aliphatic rings. The van der Waals surface area contributed by atoms with E-state index in [1.54, 1.807) is 6.08 Å². The van der Waals surface area contributed by atoms with Crippen LogP contribution in [0, 0.1) is 5.41 Å². The largest absolute Gasteiger partial charge is 0.235 e.